The van der Waals surface area contributed by atoms with E-state index in [1.54, 1.807) is 19.3 Å². The number of aryl methyl sites for hydroxylation is 1. The van der Waals surface area contributed by atoms with Crippen molar-refractivity contribution in [1.82, 2.24) is 14.9 Å². The standard InChI is InChI=1S/C15H17N3O2/c1-11-17-14(10-20-11)15(19)18-8-2-3-13(9-18)12-4-6-16-7-5-12/h4-7,10,13H,2-3,8-9H2,1H3. The molecular formula is C15H17N3O2. The normalized spacial score (nSPS) is 19.1. The molecule has 3 rings (SSSR count). The number of aromatic nitrogens is 2. The molecule has 20 heavy (non-hydrogen) atoms. The molecule has 1 amide bonds. The second kappa shape index (κ2) is 5.45. The molecule has 0 bridgehead atoms. The maximum atomic E-state index is 12.4. The maximum Gasteiger partial charge on any atom is 0.275 e. The van der Waals surface area contributed by atoms with Crippen molar-refractivity contribution in [2.24, 2.45) is 0 Å². The molecule has 0 aromatic carbocycles. The number of nitrogens with zero attached hydrogens (tertiary/aromatic N) is 3. The number of hydrogen-bond donors (Lipinski definition) is 0. The van der Waals surface area contributed by atoms with E-state index in [4.69, 9.17) is 4.42 Å². The highest BCUT2D eigenvalue weighted by Gasteiger charge is 2.26. The molecule has 0 aliphatic carbocycles. The van der Waals surface area contributed by atoms with E-state index in [-0.39, 0.29) is 5.91 Å². The summed E-state index contributed by atoms with van der Waals surface area (Å²) in [5.74, 6) is 0.861. The molecule has 0 N–H and O–H groups in total. The highest BCUT2D eigenvalue weighted by molar-refractivity contribution is 5.92. The van der Waals surface area contributed by atoms with Crippen molar-refractivity contribution in [3.63, 3.8) is 0 Å². The van der Waals surface area contributed by atoms with Gasteiger partial charge in [0.2, 0.25) is 0 Å². The van der Waals surface area contributed by atoms with Crippen molar-refractivity contribution in [2.45, 2.75) is 25.7 Å². The zero-order chi connectivity index (χ0) is 13.9. The van der Waals surface area contributed by atoms with Crippen LogP contribution in [0.4, 0.5) is 0 Å². The van der Waals surface area contributed by atoms with E-state index in [1.807, 2.05) is 17.0 Å². The molecule has 1 atom stereocenters. The molecule has 104 valence electrons. The second-order valence-electron chi connectivity index (χ2n) is 5.12. The molecule has 5 nitrogen and oxygen atoms in total. The van der Waals surface area contributed by atoms with Crippen LogP contribution in [0.2, 0.25) is 0 Å². The molecule has 1 unspecified atom stereocenters. The molecule has 1 saturated heterocycles. The lowest BCUT2D eigenvalue weighted by atomic mass is 9.91. The van der Waals surface area contributed by atoms with Gasteiger partial charge < -0.3 is 9.32 Å². The monoisotopic (exact) mass is 271 g/mol. The van der Waals surface area contributed by atoms with Crippen LogP contribution in [-0.4, -0.2) is 33.9 Å². The Morgan fingerprint density at radius 1 is 1.40 bits per heavy atom. The third-order valence-corrected chi connectivity index (χ3v) is 3.72. The van der Waals surface area contributed by atoms with E-state index < -0.39 is 0 Å². The largest absolute Gasteiger partial charge is 0.448 e. The van der Waals surface area contributed by atoms with Gasteiger partial charge in [-0.15, -0.1) is 0 Å². The summed E-state index contributed by atoms with van der Waals surface area (Å²) in [7, 11) is 0. The van der Waals surface area contributed by atoms with Crippen molar-refractivity contribution >= 4 is 5.91 Å². The molecule has 2 aromatic heterocycles. The van der Waals surface area contributed by atoms with Crippen LogP contribution in [0, 0.1) is 6.92 Å². The van der Waals surface area contributed by atoms with Gasteiger partial charge in [0.1, 0.15) is 6.26 Å². The van der Waals surface area contributed by atoms with E-state index >= 15 is 0 Å². The third-order valence-electron chi connectivity index (χ3n) is 3.72. The van der Waals surface area contributed by atoms with Crippen LogP contribution in [0.1, 0.15) is 40.7 Å². The minimum Gasteiger partial charge on any atom is -0.448 e. The average molecular weight is 271 g/mol. The Balaban J connectivity index is 1.74. The van der Waals surface area contributed by atoms with Crippen molar-refractivity contribution in [3.05, 3.63) is 47.9 Å². The van der Waals surface area contributed by atoms with Gasteiger partial charge in [-0.05, 0) is 30.5 Å². The first-order valence-electron chi connectivity index (χ1n) is 6.85. The number of rotatable bonds is 2. The Morgan fingerprint density at radius 3 is 2.90 bits per heavy atom. The smallest absolute Gasteiger partial charge is 0.275 e. The third kappa shape index (κ3) is 2.57. The summed E-state index contributed by atoms with van der Waals surface area (Å²) in [6.07, 6.45) is 7.16. The van der Waals surface area contributed by atoms with Crippen LogP contribution in [0.25, 0.3) is 0 Å². The van der Waals surface area contributed by atoms with Crippen LogP contribution in [0.3, 0.4) is 0 Å². The fourth-order valence-corrected chi connectivity index (χ4v) is 2.69. The lowest BCUT2D eigenvalue weighted by Crippen LogP contribution is -2.39. The molecule has 0 radical (unpaired) electrons. The topological polar surface area (TPSA) is 59.2 Å². The molecule has 3 heterocycles. The number of carbonyl (C=O) groups excluding carboxylic acids is 1. The van der Waals surface area contributed by atoms with Crippen LogP contribution < -0.4 is 0 Å². The van der Waals surface area contributed by atoms with Gasteiger partial charge in [0.25, 0.3) is 5.91 Å². The summed E-state index contributed by atoms with van der Waals surface area (Å²) in [5.41, 5.74) is 1.65. The van der Waals surface area contributed by atoms with E-state index in [2.05, 4.69) is 9.97 Å². The zero-order valence-corrected chi connectivity index (χ0v) is 11.5. The Kier molecular flexibility index (Phi) is 3.50. The van der Waals surface area contributed by atoms with Crippen LogP contribution >= 0.6 is 0 Å². The summed E-state index contributed by atoms with van der Waals surface area (Å²) in [6, 6.07) is 4.05. The Bertz CT molecular complexity index is 594. The average Bonchev–Trinajstić information content (AvgIpc) is 2.94. The van der Waals surface area contributed by atoms with Gasteiger partial charge in [-0.2, -0.15) is 0 Å². The quantitative estimate of drug-likeness (QED) is 0.841. The van der Waals surface area contributed by atoms with E-state index in [0.717, 1.165) is 25.9 Å². The molecule has 1 aliphatic heterocycles. The summed E-state index contributed by atoms with van der Waals surface area (Å²) >= 11 is 0. The van der Waals surface area contributed by atoms with Crippen molar-refractivity contribution < 1.29 is 9.21 Å². The van der Waals surface area contributed by atoms with Crippen molar-refractivity contribution in [2.75, 3.05) is 13.1 Å². The van der Waals surface area contributed by atoms with E-state index in [0.29, 0.717) is 17.5 Å². The maximum absolute atomic E-state index is 12.4. The predicted octanol–water partition coefficient (Wildman–Crippen LogP) is 2.40. The molecule has 0 saturated carbocycles. The van der Waals surface area contributed by atoms with Crippen molar-refractivity contribution in [1.29, 1.82) is 0 Å². The first-order chi connectivity index (χ1) is 9.74. The van der Waals surface area contributed by atoms with Gasteiger partial charge in [-0.3, -0.25) is 9.78 Å². The number of pyridine rings is 1. The summed E-state index contributed by atoms with van der Waals surface area (Å²) in [5, 5.41) is 0. The fraction of sp³-hybridized carbons (Fsp3) is 0.400. The number of hydrogen-bond acceptors (Lipinski definition) is 4. The lowest BCUT2D eigenvalue weighted by Gasteiger charge is -2.32. The van der Waals surface area contributed by atoms with Gasteiger partial charge in [-0.1, -0.05) is 0 Å². The summed E-state index contributed by atoms with van der Waals surface area (Å²) in [4.78, 5) is 22.4. The first kappa shape index (κ1) is 12.8. The second-order valence-corrected chi connectivity index (χ2v) is 5.12. The van der Waals surface area contributed by atoms with E-state index in [1.165, 1.54) is 11.8 Å². The first-order valence-corrected chi connectivity index (χ1v) is 6.85. The Labute approximate surface area is 117 Å². The predicted molar refractivity (Wildman–Crippen MR) is 73.4 cm³/mol. The minimum absolute atomic E-state index is 0.0411. The Hall–Kier alpha value is -2.17. The van der Waals surface area contributed by atoms with Gasteiger partial charge in [0, 0.05) is 38.3 Å². The fourth-order valence-electron chi connectivity index (χ4n) is 2.69. The van der Waals surface area contributed by atoms with Gasteiger partial charge >= 0.3 is 0 Å². The van der Waals surface area contributed by atoms with E-state index in [9.17, 15) is 4.79 Å². The number of oxazole rings is 1. The van der Waals surface area contributed by atoms with Gasteiger partial charge in [-0.25, -0.2) is 4.98 Å². The number of carbonyl (C=O) groups is 1. The zero-order valence-electron chi connectivity index (χ0n) is 11.5. The van der Waals surface area contributed by atoms with Crippen LogP contribution in [0.15, 0.2) is 35.2 Å². The molecule has 1 fully saturated rings. The summed E-state index contributed by atoms with van der Waals surface area (Å²) in [6.45, 7) is 3.26. The highest BCUT2D eigenvalue weighted by atomic mass is 16.3. The van der Waals surface area contributed by atoms with Gasteiger partial charge in [0.05, 0.1) is 0 Å². The number of piperidine rings is 1. The summed E-state index contributed by atoms with van der Waals surface area (Å²) < 4.78 is 5.12. The van der Waals surface area contributed by atoms with Gasteiger partial charge in [0.15, 0.2) is 11.6 Å². The molecule has 2 aromatic rings. The minimum atomic E-state index is -0.0411. The van der Waals surface area contributed by atoms with Crippen molar-refractivity contribution in [3.8, 4) is 0 Å². The molecule has 5 heteroatoms. The number of amides is 1. The SMILES string of the molecule is Cc1nc(C(=O)N2CCCC(c3ccncc3)C2)co1. The highest BCUT2D eigenvalue weighted by Crippen LogP contribution is 2.27. The Morgan fingerprint density at radius 2 is 2.20 bits per heavy atom. The number of likely N-dealkylation sites (tertiary alicyclic amines) is 1. The van der Waals surface area contributed by atoms with Crippen LogP contribution in [-0.2, 0) is 0 Å². The molecule has 0 spiro atoms. The molecular weight excluding hydrogens is 254 g/mol. The van der Waals surface area contributed by atoms with Crippen LogP contribution in [0.5, 0.6) is 0 Å². The lowest BCUT2D eigenvalue weighted by molar-refractivity contribution is 0.0701. The molecule has 1 aliphatic rings.